The highest BCUT2D eigenvalue weighted by atomic mass is 32.2. The molecule has 1 aliphatic rings. The van der Waals surface area contributed by atoms with Gasteiger partial charge in [0.2, 0.25) is 5.91 Å². The SMILES string of the molecule is C=C(C)CN1C(=O)CSC1c1ccc(OCC)cc1. The van der Waals surface area contributed by atoms with Crippen LogP contribution in [0.4, 0.5) is 0 Å². The highest BCUT2D eigenvalue weighted by Crippen LogP contribution is 2.39. The minimum absolute atomic E-state index is 0.0971. The van der Waals surface area contributed by atoms with E-state index in [0.29, 0.717) is 18.9 Å². The van der Waals surface area contributed by atoms with Crippen LogP contribution in [0.1, 0.15) is 24.8 Å². The molecule has 1 atom stereocenters. The van der Waals surface area contributed by atoms with Gasteiger partial charge in [-0.2, -0.15) is 0 Å². The second kappa shape index (κ2) is 6.15. The fraction of sp³-hybridized carbons (Fsp3) is 0.400. The third-order valence-electron chi connectivity index (χ3n) is 2.88. The predicted molar refractivity (Wildman–Crippen MR) is 79.3 cm³/mol. The van der Waals surface area contributed by atoms with Crippen molar-refractivity contribution in [2.75, 3.05) is 18.9 Å². The molecule has 0 radical (unpaired) electrons. The van der Waals surface area contributed by atoms with Gasteiger partial charge in [0, 0.05) is 6.54 Å². The van der Waals surface area contributed by atoms with Crippen LogP contribution in [0.3, 0.4) is 0 Å². The molecule has 1 fully saturated rings. The van der Waals surface area contributed by atoms with Gasteiger partial charge >= 0.3 is 0 Å². The molecule has 3 nitrogen and oxygen atoms in total. The van der Waals surface area contributed by atoms with Gasteiger partial charge in [-0.15, -0.1) is 11.8 Å². The molecular weight excluding hydrogens is 258 g/mol. The van der Waals surface area contributed by atoms with Gasteiger partial charge in [0.05, 0.1) is 12.4 Å². The van der Waals surface area contributed by atoms with Crippen molar-refractivity contribution in [3.05, 3.63) is 42.0 Å². The van der Waals surface area contributed by atoms with E-state index >= 15 is 0 Å². The predicted octanol–water partition coefficient (Wildman–Crippen LogP) is 3.24. The Labute approximate surface area is 118 Å². The number of carbonyl (C=O) groups is 1. The summed E-state index contributed by atoms with van der Waals surface area (Å²) in [4.78, 5) is 13.8. The molecule has 1 saturated heterocycles. The summed E-state index contributed by atoms with van der Waals surface area (Å²) in [6.45, 7) is 9.11. The molecule has 19 heavy (non-hydrogen) atoms. The lowest BCUT2D eigenvalue weighted by molar-refractivity contribution is -0.127. The first-order valence-corrected chi connectivity index (χ1v) is 7.45. The van der Waals surface area contributed by atoms with E-state index in [0.717, 1.165) is 16.9 Å². The van der Waals surface area contributed by atoms with Crippen LogP contribution in [0.15, 0.2) is 36.4 Å². The molecule has 0 N–H and O–H groups in total. The van der Waals surface area contributed by atoms with E-state index in [1.807, 2.05) is 43.0 Å². The molecule has 0 bridgehead atoms. The average Bonchev–Trinajstić information content (AvgIpc) is 2.72. The fourth-order valence-corrected chi connectivity index (χ4v) is 3.28. The second-order valence-corrected chi connectivity index (χ2v) is 5.71. The fourth-order valence-electron chi connectivity index (χ4n) is 2.09. The van der Waals surface area contributed by atoms with E-state index in [1.165, 1.54) is 0 Å². The molecule has 1 heterocycles. The van der Waals surface area contributed by atoms with Gasteiger partial charge < -0.3 is 9.64 Å². The molecule has 1 amide bonds. The third kappa shape index (κ3) is 3.32. The molecule has 1 aliphatic heterocycles. The number of nitrogens with zero attached hydrogens (tertiary/aromatic N) is 1. The van der Waals surface area contributed by atoms with Crippen LogP contribution in [0.5, 0.6) is 5.75 Å². The Morgan fingerprint density at radius 2 is 2.16 bits per heavy atom. The van der Waals surface area contributed by atoms with Crippen molar-refractivity contribution >= 4 is 17.7 Å². The normalized spacial score (nSPS) is 18.7. The number of amides is 1. The highest BCUT2D eigenvalue weighted by Gasteiger charge is 2.32. The number of ether oxygens (including phenoxy) is 1. The van der Waals surface area contributed by atoms with Crippen molar-refractivity contribution < 1.29 is 9.53 Å². The zero-order chi connectivity index (χ0) is 13.8. The molecule has 102 valence electrons. The highest BCUT2D eigenvalue weighted by molar-refractivity contribution is 8.00. The summed E-state index contributed by atoms with van der Waals surface area (Å²) >= 11 is 1.67. The molecule has 0 saturated carbocycles. The number of hydrogen-bond donors (Lipinski definition) is 0. The molecule has 1 unspecified atom stereocenters. The number of rotatable bonds is 5. The lowest BCUT2D eigenvalue weighted by atomic mass is 10.2. The zero-order valence-electron chi connectivity index (χ0n) is 11.4. The summed E-state index contributed by atoms with van der Waals surface area (Å²) in [7, 11) is 0. The van der Waals surface area contributed by atoms with Gasteiger partial charge in [0.1, 0.15) is 11.1 Å². The first kappa shape index (κ1) is 14.0. The Hall–Kier alpha value is -1.42. The average molecular weight is 277 g/mol. The quantitative estimate of drug-likeness (QED) is 0.774. The first-order valence-electron chi connectivity index (χ1n) is 6.40. The molecule has 1 aromatic rings. The number of carbonyl (C=O) groups excluding carboxylic acids is 1. The standard InChI is InChI=1S/C15H19NO2S/c1-4-18-13-7-5-12(6-8-13)15-16(9-11(2)3)14(17)10-19-15/h5-8,15H,2,4,9-10H2,1,3H3. The van der Waals surface area contributed by atoms with Crippen LogP contribution in [0, 0.1) is 0 Å². The molecule has 0 aliphatic carbocycles. The van der Waals surface area contributed by atoms with Crippen molar-refractivity contribution in [3.63, 3.8) is 0 Å². The molecular formula is C15H19NO2S. The summed E-state index contributed by atoms with van der Waals surface area (Å²) in [5, 5.41) is 0.0971. The van der Waals surface area contributed by atoms with E-state index in [9.17, 15) is 4.79 Å². The molecule has 1 aromatic carbocycles. The Morgan fingerprint density at radius 3 is 2.74 bits per heavy atom. The molecule has 4 heteroatoms. The Bertz CT molecular complexity index is 470. The van der Waals surface area contributed by atoms with Gasteiger partial charge in [-0.3, -0.25) is 4.79 Å². The monoisotopic (exact) mass is 277 g/mol. The van der Waals surface area contributed by atoms with Gasteiger partial charge in [-0.1, -0.05) is 24.3 Å². The van der Waals surface area contributed by atoms with E-state index in [-0.39, 0.29) is 11.3 Å². The largest absolute Gasteiger partial charge is 0.494 e. The van der Waals surface area contributed by atoms with E-state index in [2.05, 4.69) is 6.58 Å². The zero-order valence-corrected chi connectivity index (χ0v) is 12.2. The van der Waals surface area contributed by atoms with E-state index in [4.69, 9.17) is 4.74 Å². The molecule has 2 rings (SSSR count). The maximum absolute atomic E-state index is 11.9. The van der Waals surface area contributed by atoms with Crippen LogP contribution in [-0.2, 0) is 4.79 Å². The minimum Gasteiger partial charge on any atom is -0.494 e. The van der Waals surface area contributed by atoms with Gasteiger partial charge in [-0.25, -0.2) is 0 Å². The summed E-state index contributed by atoms with van der Waals surface area (Å²) in [6, 6.07) is 7.99. The molecule has 0 aromatic heterocycles. The Kier molecular flexibility index (Phi) is 4.53. The van der Waals surface area contributed by atoms with Gasteiger partial charge in [0.15, 0.2) is 0 Å². The van der Waals surface area contributed by atoms with Crippen LogP contribution >= 0.6 is 11.8 Å². The lowest BCUT2D eigenvalue weighted by Crippen LogP contribution is -2.29. The van der Waals surface area contributed by atoms with E-state index < -0.39 is 0 Å². The maximum atomic E-state index is 11.9. The van der Waals surface area contributed by atoms with Crippen LogP contribution < -0.4 is 4.74 Å². The summed E-state index contributed by atoms with van der Waals surface area (Å²) in [5.74, 6) is 1.60. The first-order chi connectivity index (χ1) is 9.11. The summed E-state index contributed by atoms with van der Waals surface area (Å²) in [6.07, 6.45) is 0. The van der Waals surface area contributed by atoms with Crippen molar-refractivity contribution in [2.24, 2.45) is 0 Å². The van der Waals surface area contributed by atoms with Crippen LogP contribution in [0.25, 0.3) is 0 Å². The van der Waals surface area contributed by atoms with E-state index in [1.54, 1.807) is 11.8 Å². The topological polar surface area (TPSA) is 29.5 Å². The smallest absolute Gasteiger partial charge is 0.234 e. The van der Waals surface area contributed by atoms with Gasteiger partial charge in [0.25, 0.3) is 0 Å². The van der Waals surface area contributed by atoms with Crippen molar-refractivity contribution in [2.45, 2.75) is 19.2 Å². The number of hydrogen-bond acceptors (Lipinski definition) is 3. The Morgan fingerprint density at radius 1 is 1.47 bits per heavy atom. The van der Waals surface area contributed by atoms with Gasteiger partial charge in [-0.05, 0) is 31.5 Å². The minimum atomic E-state index is 0.0971. The number of thioether (sulfide) groups is 1. The summed E-state index contributed by atoms with van der Waals surface area (Å²) in [5.41, 5.74) is 2.15. The third-order valence-corrected chi connectivity index (χ3v) is 4.14. The maximum Gasteiger partial charge on any atom is 0.234 e. The molecule has 0 spiro atoms. The summed E-state index contributed by atoms with van der Waals surface area (Å²) < 4.78 is 5.43. The van der Waals surface area contributed by atoms with Crippen LogP contribution in [-0.4, -0.2) is 29.7 Å². The number of benzene rings is 1. The Balaban J connectivity index is 2.15. The second-order valence-electron chi connectivity index (χ2n) is 4.64. The van der Waals surface area contributed by atoms with Crippen molar-refractivity contribution in [1.29, 1.82) is 0 Å². The van der Waals surface area contributed by atoms with Crippen LogP contribution in [0.2, 0.25) is 0 Å². The van der Waals surface area contributed by atoms with Crippen molar-refractivity contribution in [3.8, 4) is 5.75 Å². The lowest BCUT2D eigenvalue weighted by Gasteiger charge is -2.24. The van der Waals surface area contributed by atoms with Crippen molar-refractivity contribution in [1.82, 2.24) is 4.90 Å².